The number of ether oxygens (including phenoxy) is 1. The summed E-state index contributed by atoms with van der Waals surface area (Å²) in [5.74, 6) is -0.673. The van der Waals surface area contributed by atoms with Crippen LogP contribution in [-0.2, 0) is 13.5 Å². The largest absolute Gasteiger partial charge is 0.448 e. The maximum absolute atomic E-state index is 13.5. The Hall–Kier alpha value is -3.94. The van der Waals surface area contributed by atoms with Crippen LogP contribution in [0.3, 0.4) is 0 Å². The van der Waals surface area contributed by atoms with E-state index in [1.54, 1.807) is 13.2 Å². The van der Waals surface area contributed by atoms with Crippen molar-refractivity contribution in [3.05, 3.63) is 89.3 Å². The number of pyridine rings is 1. The van der Waals surface area contributed by atoms with Crippen LogP contribution in [0.25, 0.3) is 11.0 Å². The molecule has 0 unspecified atom stereocenters. The van der Waals surface area contributed by atoms with Gasteiger partial charge < -0.3 is 15.8 Å². The Bertz CT molecular complexity index is 1180. The third-order valence-corrected chi connectivity index (χ3v) is 4.35. The lowest BCUT2D eigenvalue weighted by Gasteiger charge is -2.11. The van der Waals surface area contributed by atoms with Gasteiger partial charge in [-0.05, 0) is 36.3 Å². The van der Waals surface area contributed by atoms with E-state index in [4.69, 9.17) is 10.5 Å². The van der Waals surface area contributed by atoms with Crippen LogP contribution in [0, 0.1) is 0 Å². The van der Waals surface area contributed by atoms with Crippen LogP contribution in [0.4, 0.5) is 16.0 Å². The van der Waals surface area contributed by atoms with Gasteiger partial charge in [-0.25, -0.2) is 9.37 Å². The number of allylic oxidation sites excluding steroid dienone is 3. The highest BCUT2D eigenvalue weighted by Gasteiger charge is 2.13. The van der Waals surface area contributed by atoms with Crippen LogP contribution >= 0.6 is 0 Å². The SMILES string of the molecule is C=C/C=C(/Oc1cc2cnc(NCCc3ccc(N)cc3)nc2n(C)c1=O)C(=C)F. The second kappa shape index (κ2) is 9.04. The van der Waals surface area contributed by atoms with Crippen molar-refractivity contribution in [2.45, 2.75) is 6.42 Å². The van der Waals surface area contributed by atoms with Gasteiger partial charge in [0.2, 0.25) is 5.95 Å². The normalized spacial score (nSPS) is 11.3. The van der Waals surface area contributed by atoms with Crippen molar-refractivity contribution in [1.29, 1.82) is 0 Å². The average molecular weight is 407 g/mol. The molecule has 0 aliphatic carbocycles. The van der Waals surface area contributed by atoms with E-state index >= 15 is 0 Å². The second-order valence-electron chi connectivity index (χ2n) is 6.54. The Morgan fingerprint density at radius 3 is 2.77 bits per heavy atom. The highest BCUT2D eigenvalue weighted by atomic mass is 19.1. The molecular formula is C22H22FN5O2. The molecule has 3 aromatic rings. The Morgan fingerprint density at radius 2 is 2.10 bits per heavy atom. The zero-order valence-electron chi connectivity index (χ0n) is 16.6. The standard InChI is InChI=1S/C22H22FN5O2/c1-4-5-18(14(2)23)30-19-12-16-13-26-22(27-20(16)28(3)21(19)29)25-11-10-15-6-8-17(24)9-7-15/h4-9,12-13H,1-2,10-11,24H2,3H3,(H,25,26,27)/b18-5+. The molecule has 7 nitrogen and oxygen atoms in total. The van der Waals surface area contributed by atoms with Crippen LogP contribution < -0.4 is 21.3 Å². The minimum Gasteiger partial charge on any atom is -0.448 e. The summed E-state index contributed by atoms with van der Waals surface area (Å²) in [6.45, 7) is 7.30. The third kappa shape index (κ3) is 4.72. The molecular weight excluding hydrogens is 385 g/mol. The fourth-order valence-corrected chi connectivity index (χ4v) is 2.78. The molecule has 0 saturated carbocycles. The first-order chi connectivity index (χ1) is 14.4. The molecule has 2 heterocycles. The van der Waals surface area contributed by atoms with Gasteiger partial charge in [0.05, 0.1) is 0 Å². The molecule has 3 N–H and O–H groups in total. The lowest BCUT2D eigenvalue weighted by Crippen LogP contribution is -2.21. The molecule has 0 bridgehead atoms. The molecule has 2 aromatic heterocycles. The molecule has 0 aliphatic heterocycles. The summed E-state index contributed by atoms with van der Waals surface area (Å²) >= 11 is 0. The van der Waals surface area contributed by atoms with Gasteiger partial charge in [-0.3, -0.25) is 9.36 Å². The monoisotopic (exact) mass is 407 g/mol. The van der Waals surface area contributed by atoms with E-state index in [0.717, 1.165) is 17.7 Å². The summed E-state index contributed by atoms with van der Waals surface area (Å²) in [5, 5.41) is 3.71. The van der Waals surface area contributed by atoms with Gasteiger partial charge in [0.25, 0.3) is 5.56 Å². The van der Waals surface area contributed by atoms with E-state index in [-0.39, 0.29) is 11.5 Å². The summed E-state index contributed by atoms with van der Waals surface area (Å²) in [5.41, 5.74) is 7.49. The van der Waals surface area contributed by atoms with Crippen LogP contribution in [0.15, 0.2) is 78.2 Å². The van der Waals surface area contributed by atoms with Crippen LogP contribution in [0.5, 0.6) is 5.75 Å². The van der Waals surface area contributed by atoms with E-state index in [0.29, 0.717) is 23.5 Å². The van der Waals surface area contributed by atoms with Crippen molar-refractivity contribution in [1.82, 2.24) is 14.5 Å². The number of nitrogens with one attached hydrogen (secondary N) is 1. The number of fused-ring (bicyclic) bond motifs is 1. The number of nitrogens with two attached hydrogens (primary N) is 1. The second-order valence-corrected chi connectivity index (χ2v) is 6.54. The lowest BCUT2D eigenvalue weighted by atomic mass is 10.1. The third-order valence-electron chi connectivity index (χ3n) is 4.35. The van der Waals surface area contributed by atoms with Gasteiger partial charge in [0.15, 0.2) is 17.3 Å². The highest BCUT2D eigenvalue weighted by Crippen LogP contribution is 2.20. The quantitative estimate of drug-likeness (QED) is 0.337. The summed E-state index contributed by atoms with van der Waals surface area (Å²) in [7, 11) is 1.56. The summed E-state index contributed by atoms with van der Waals surface area (Å²) < 4.78 is 20.2. The lowest BCUT2D eigenvalue weighted by molar-refractivity contribution is 0.397. The van der Waals surface area contributed by atoms with E-state index in [2.05, 4.69) is 28.4 Å². The molecule has 0 atom stereocenters. The Kier molecular flexibility index (Phi) is 6.26. The molecule has 1 aromatic carbocycles. The predicted octanol–water partition coefficient (Wildman–Crippen LogP) is 3.50. The van der Waals surface area contributed by atoms with Crippen molar-refractivity contribution in [3.8, 4) is 5.75 Å². The van der Waals surface area contributed by atoms with Gasteiger partial charge in [0, 0.05) is 30.9 Å². The van der Waals surface area contributed by atoms with Crippen molar-refractivity contribution in [2.75, 3.05) is 17.6 Å². The molecule has 0 fully saturated rings. The smallest absolute Gasteiger partial charge is 0.294 e. The fourth-order valence-electron chi connectivity index (χ4n) is 2.78. The Balaban J connectivity index is 1.81. The first kappa shape index (κ1) is 20.8. The minimum atomic E-state index is -0.811. The van der Waals surface area contributed by atoms with E-state index < -0.39 is 11.4 Å². The van der Waals surface area contributed by atoms with Crippen molar-refractivity contribution >= 4 is 22.7 Å². The van der Waals surface area contributed by atoms with Gasteiger partial charge in [-0.15, -0.1) is 0 Å². The number of nitrogens with zero attached hydrogens (tertiary/aromatic N) is 3. The van der Waals surface area contributed by atoms with Gasteiger partial charge in [0.1, 0.15) is 5.65 Å². The number of anilines is 2. The van der Waals surface area contributed by atoms with Gasteiger partial charge >= 0.3 is 0 Å². The maximum Gasteiger partial charge on any atom is 0.294 e. The van der Waals surface area contributed by atoms with Crippen molar-refractivity contribution < 1.29 is 9.13 Å². The van der Waals surface area contributed by atoms with Gasteiger partial charge in [-0.2, -0.15) is 4.98 Å². The Labute approximate surface area is 173 Å². The number of rotatable bonds is 8. The van der Waals surface area contributed by atoms with Crippen molar-refractivity contribution in [2.24, 2.45) is 7.05 Å². The molecule has 8 heteroatoms. The van der Waals surface area contributed by atoms with Crippen LogP contribution in [0.1, 0.15) is 5.56 Å². The summed E-state index contributed by atoms with van der Waals surface area (Å²) in [6, 6.07) is 9.10. The van der Waals surface area contributed by atoms with Crippen LogP contribution in [0.2, 0.25) is 0 Å². The highest BCUT2D eigenvalue weighted by molar-refractivity contribution is 5.76. The molecule has 0 saturated heterocycles. The zero-order valence-corrected chi connectivity index (χ0v) is 16.6. The topological polar surface area (TPSA) is 95.1 Å². The number of hydrogen-bond donors (Lipinski definition) is 2. The zero-order chi connectivity index (χ0) is 21.7. The summed E-state index contributed by atoms with van der Waals surface area (Å²) in [4.78, 5) is 21.3. The number of halogens is 1. The first-order valence-electron chi connectivity index (χ1n) is 9.19. The Morgan fingerprint density at radius 1 is 1.37 bits per heavy atom. The first-order valence-corrected chi connectivity index (χ1v) is 9.19. The van der Waals surface area contributed by atoms with E-state index in [9.17, 15) is 9.18 Å². The number of nitrogen functional groups attached to an aromatic ring is 1. The van der Waals surface area contributed by atoms with E-state index in [1.165, 1.54) is 22.8 Å². The molecule has 0 spiro atoms. The maximum atomic E-state index is 13.5. The molecule has 0 amide bonds. The predicted molar refractivity (Wildman–Crippen MR) is 117 cm³/mol. The number of aromatic nitrogens is 3. The number of hydrogen-bond acceptors (Lipinski definition) is 6. The molecule has 3 rings (SSSR count). The van der Waals surface area contributed by atoms with Crippen molar-refractivity contribution in [3.63, 3.8) is 0 Å². The van der Waals surface area contributed by atoms with Gasteiger partial charge in [-0.1, -0.05) is 31.4 Å². The average Bonchev–Trinajstić information content (AvgIpc) is 2.73. The molecule has 0 radical (unpaired) electrons. The molecule has 154 valence electrons. The minimum absolute atomic E-state index is 0.0652. The van der Waals surface area contributed by atoms with E-state index in [1.807, 2.05) is 24.3 Å². The summed E-state index contributed by atoms with van der Waals surface area (Å²) in [6.07, 6.45) is 4.97. The number of aryl methyl sites for hydroxylation is 1. The molecule has 30 heavy (non-hydrogen) atoms. The molecule has 0 aliphatic rings. The van der Waals surface area contributed by atoms with Crippen LogP contribution in [-0.4, -0.2) is 21.1 Å². The fraction of sp³-hybridized carbons (Fsp3) is 0.136. The number of benzene rings is 1.